The van der Waals surface area contributed by atoms with E-state index < -0.39 is 4.92 Å². The fourth-order valence-electron chi connectivity index (χ4n) is 2.17. The van der Waals surface area contributed by atoms with Crippen molar-refractivity contribution in [2.45, 2.75) is 19.4 Å². The minimum absolute atomic E-state index is 0.0578. The van der Waals surface area contributed by atoms with Crippen molar-refractivity contribution in [2.24, 2.45) is 0 Å². The van der Waals surface area contributed by atoms with Crippen molar-refractivity contribution >= 4 is 11.5 Å². The van der Waals surface area contributed by atoms with Crippen LogP contribution in [0.2, 0.25) is 0 Å². The Morgan fingerprint density at radius 1 is 1.74 bits per heavy atom. The summed E-state index contributed by atoms with van der Waals surface area (Å²) in [6.07, 6.45) is 4.17. The van der Waals surface area contributed by atoms with Crippen LogP contribution in [0.15, 0.2) is 24.9 Å². The van der Waals surface area contributed by atoms with E-state index in [0.29, 0.717) is 12.2 Å². The third kappa shape index (κ3) is 3.08. The van der Waals surface area contributed by atoms with Gasteiger partial charge in [0.1, 0.15) is 12.0 Å². The van der Waals surface area contributed by atoms with Gasteiger partial charge in [-0.15, -0.1) is 6.58 Å². The molecule has 19 heavy (non-hydrogen) atoms. The lowest BCUT2D eigenvalue weighted by Gasteiger charge is -2.17. The highest BCUT2D eigenvalue weighted by molar-refractivity contribution is 5.49. The molecule has 0 N–H and O–H groups in total. The summed E-state index contributed by atoms with van der Waals surface area (Å²) in [5, 5.41) is 10.7. The lowest BCUT2D eigenvalue weighted by atomic mass is 10.2. The first-order valence-electron chi connectivity index (χ1n) is 6.20. The first-order chi connectivity index (χ1) is 9.11. The highest BCUT2D eigenvalue weighted by atomic mass is 16.6. The molecule has 2 heterocycles. The molecule has 1 atom stereocenters. The smallest absolute Gasteiger partial charge is 0.290 e. The Morgan fingerprint density at radius 2 is 2.53 bits per heavy atom. The molecule has 1 fully saturated rings. The maximum atomic E-state index is 10.7. The zero-order valence-electron chi connectivity index (χ0n) is 10.9. The first kappa shape index (κ1) is 13.5. The highest BCUT2D eigenvalue weighted by Crippen LogP contribution is 2.24. The van der Waals surface area contributed by atoms with E-state index in [1.54, 1.807) is 19.1 Å². The lowest BCUT2D eigenvalue weighted by molar-refractivity contribution is -0.385. The Kier molecular flexibility index (Phi) is 4.11. The lowest BCUT2D eigenvalue weighted by Crippen LogP contribution is -2.23. The molecule has 0 radical (unpaired) electrons. The van der Waals surface area contributed by atoms with Gasteiger partial charge in [-0.3, -0.25) is 10.1 Å². The van der Waals surface area contributed by atoms with E-state index in [1.165, 1.54) is 6.20 Å². The van der Waals surface area contributed by atoms with Gasteiger partial charge in [0.25, 0.3) is 5.69 Å². The fourth-order valence-corrected chi connectivity index (χ4v) is 2.17. The number of nitrogens with zero attached hydrogens (tertiary/aromatic N) is 3. The molecule has 1 aliphatic rings. The van der Waals surface area contributed by atoms with E-state index in [2.05, 4.69) is 16.5 Å². The summed E-state index contributed by atoms with van der Waals surface area (Å²) in [6.45, 7) is 7.51. The fraction of sp³-hybridized carbons (Fsp3) is 0.462. The number of ether oxygens (including phenoxy) is 1. The maximum absolute atomic E-state index is 10.7. The van der Waals surface area contributed by atoms with Gasteiger partial charge in [-0.05, 0) is 19.4 Å². The van der Waals surface area contributed by atoms with Gasteiger partial charge in [0.05, 0.1) is 17.6 Å². The summed E-state index contributed by atoms with van der Waals surface area (Å²) in [5.74, 6) is 0.771. The third-order valence-corrected chi connectivity index (χ3v) is 3.18. The molecule has 1 aliphatic heterocycles. The van der Waals surface area contributed by atoms with E-state index in [1.807, 2.05) is 0 Å². The Hall–Kier alpha value is -1.95. The molecular weight excluding hydrogens is 246 g/mol. The van der Waals surface area contributed by atoms with Crippen molar-refractivity contribution < 1.29 is 9.66 Å². The summed E-state index contributed by atoms with van der Waals surface area (Å²) >= 11 is 0. The largest absolute Gasteiger partial charge is 0.372 e. The monoisotopic (exact) mass is 263 g/mol. The predicted octanol–water partition coefficient (Wildman–Crippen LogP) is 2.08. The normalized spacial score (nSPS) is 18.6. The summed E-state index contributed by atoms with van der Waals surface area (Å²) in [5.41, 5.74) is 0.688. The van der Waals surface area contributed by atoms with Crippen molar-refractivity contribution in [2.75, 3.05) is 24.6 Å². The zero-order chi connectivity index (χ0) is 13.8. The van der Waals surface area contributed by atoms with Crippen LogP contribution in [-0.2, 0) is 4.74 Å². The first-order valence-corrected chi connectivity index (χ1v) is 6.20. The molecule has 6 nitrogen and oxygen atoms in total. The number of rotatable bonds is 5. The van der Waals surface area contributed by atoms with Crippen molar-refractivity contribution in [3.05, 3.63) is 40.6 Å². The second-order valence-electron chi connectivity index (χ2n) is 4.56. The Balaban J connectivity index is 2.05. The van der Waals surface area contributed by atoms with Crippen molar-refractivity contribution in [3.8, 4) is 0 Å². The molecule has 0 saturated carbocycles. The third-order valence-electron chi connectivity index (χ3n) is 3.18. The average molecular weight is 263 g/mol. The highest BCUT2D eigenvalue weighted by Gasteiger charge is 2.24. The van der Waals surface area contributed by atoms with E-state index >= 15 is 0 Å². The molecule has 2 rings (SSSR count). The van der Waals surface area contributed by atoms with Crippen LogP contribution in [0.25, 0.3) is 0 Å². The number of aryl methyl sites for hydroxylation is 1. The molecule has 1 aromatic heterocycles. The average Bonchev–Trinajstić information content (AvgIpc) is 2.84. The van der Waals surface area contributed by atoms with Crippen LogP contribution in [0.3, 0.4) is 0 Å². The van der Waals surface area contributed by atoms with E-state index in [4.69, 9.17) is 4.74 Å². The zero-order valence-corrected chi connectivity index (χ0v) is 10.9. The van der Waals surface area contributed by atoms with Crippen LogP contribution >= 0.6 is 0 Å². The Bertz CT molecular complexity index is 490. The summed E-state index contributed by atoms with van der Waals surface area (Å²) < 4.78 is 5.60. The molecule has 1 unspecified atom stereocenters. The molecule has 0 bridgehead atoms. The topological polar surface area (TPSA) is 68.5 Å². The van der Waals surface area contributed by atoms with Gasteiger partial charge in [-0.1, -0.05) is 6.08 Å². The number of nitro groups is 1. The molecule has 1 aromatic rings. The quantitative estimate of drug-likeness (QED) is 0.462. The second-order valence-corrected chi connectivity index (χ2v) is 4.56. The van der Waals surface area contributed by atoms with Crippen LogP contribution < -0.4 is 4.90 Å². The molecule has 102 valence electrons. The standard InChI is InChI=1S/C13H17N3O3/c1-3-6-19-11-4-5-15(9-11)13-7-10(2)12(8-14-13)16(17)18/h3,7-8,11H,1,4-6,9H2,2H3. The summed E-state index contributed by atoms with van der Waals surface area (Å²) in [6, 6.07) is 1.76. The number of anilines is 1. The molecule has 1 saturated heterocycles. The van der Waals surface area contributed by atoms with E-state index in [9.17, 15) is 10.1 Å². The second kappa shape index (κ2) is 5.79. The van der Waals surface area contributed by atoms with Crippen LogP contribution in [0.4, 0.5) is 11.5 Å². The molecule has 0 spiro atoms. The molecule has 0 aliphatic carbocycles. The predicted molar refractivity (Wildman–Crippen MR) is 72.4 cm³/mol. The number of hydrogen-bond donors (Lipinski definition) is 0. The van der Waals surface area contributed by atoms with Gasteiger partial charge in [0, 0.05) is 18.7 Å². The van der Waals surface area contributed by atoms with Gasteiger partial charge in [0.2, 0.25) is 0 Å². The van der Waals surface area contributed by atoms with Crippen LogP contribution in [-0.4, -0.2) is 35.7 Å². The SMILES string of the molecule is C=CCOC1CCN(c2cc(C)c([N+](=O)[O-])cn2)C1. The minimum atomic E-state index is -0.411. The Morgan fingerprint density at radius 3 is 3.16 bits per heavy atom. The Labute approximate surface area is 111 Å². The van der Waals surface area contributed by atoms with Crippen LogP contribution in [0.5, 0.6) is 0 Å². The molecule has 0 amide bonds. The minimum Gasteiger partial charge on any atom is -0.372 e. The van der Waals surface area contributed by atoms with Crippen molar-refractivity contribution in [1.29, 1.82) is 0 Å². The van der Waals surface area contributed by atoms with Gasteiger partial charge >= 0.3 is 0 Å². The number of hydrogen-bond acceptors (Lipinski definition) is 5. The number of aromatic nitrogens is 1. The molecule has 0 aromatic carbocycles. The van der Waals surface area contributed by atoms with E-state index in [0.717, 1.165) is 25.3 Å². The van der Waals surface area contributed by atoms with Crippen molar-refractivity contribution in [3.63, 3.8) is 0 Å². The van der Waals surface area contributed by atoms with Gasteiger partial charge in [-0.25, -0.2) is 4.98 Å². The van der Waals surface area contributed by atoms with Gasteiger partial charge < -0.3 is 9.64 Å². The summed E-state index contributed by atoms with van der Waals surface area (Å²) in [7, 11) is 0. The van der Waals surface area contributed by atoms with E-state index in [-0.39, 0.29) is 11.8 Å². The molecular formula is C13H17N3O3. The van der Waals surface area contributed by atoms with Gasteiger partial charge in [-0.2, -0.15) is 0 Å². The molecule has 6 heteroatoms. The number of pyridine rings is 1. The van der Waals surface area contributed by atoms with Gasteiger partial charge in [0.15, 0.2) is 0 Å². The van der Waals surface area contributed by atoms with Crippen molar-refractivity contribution in [1.82, 2.24) is 4.98 Å². The van der Waals surface area contributed by atoms with Crippen LogP contribution in [0, 0.1) is 17.0 Å². The maximum Gasteiger partial charge on any atom is 0.290 e. The summed E-state index contributed by atoms with van der Waals surface area (Å²) in [4.78, 5) is 16.6. The van der Waals surface area contributed by atoms with Crippen LogP contribution in [0.1, 0.15) is 12.0 Å².